The summed E-state index contributed by atoms with van der Waals surface area (Å²) in [4.78, 5) is 4.50. The quantitative estimate of drug-likeness (QED) is 0.780. The van der Waals surface area contributed by atoms with E-state index in [2.05, 4.69) is 30.0 Å². The van der Waals surface area contributed by atoms with Gasteiger partial charge in [-0.3, -0.25) is 0 Å². The van der Waals surface area contributed by atoms with Crippen molar-refractivity contribution in [3.8, 4) is 5.69 Å². The molecule has 2 rings (SSSR count). The average Bonchev–Trinajstić information content (AvgIpc) is 2.82. The number of aryl methyl sites for hydroxylation is 2. The van der Waals surface area contributed by atoms with E-state index in [1.165, 1.54) is 0 Å². The second kappa shape index (κ2) is 5.32. The maximum atomic E-state index is 5.85. The van der Waals surface area contributed by atoms with Gasteiger partial charge in [0.2, 0.25) is 0 Å². The fraction of sp³-hybridized carbons (Fsp3) is 0.385. The molecule has 0 fully saturated rings. The van der Waals surface area contributed by atoms with Crippen molar-refractivity contribution in [2.24, 2.45) is 0 Å². The molecule has 0 saturated heterocycles. The van der Waals surface area contributed by atoms with Gasteiger partial charge in [-0.15, -0.1) is 11.6 Å². The van der Waals surface area contributed by atoms with E-state index in [0.717, 1.165) is 35.7 Å². The molecule has 1 aromatic carbocycles. The third-order valence-corrected chi connectivity index (χ3v) is 2.97. The predicted octanol–water partition coefficient (Wildman–Crippen LogP) is 3.13. The molecule has 0 bridgehead atoms. The standard InChI is InChI=1S/C13H16ClN3/c1-3-12-15-13(4-2)17(16-12)11-7-5-6-10(8-11)9-14/h5-8H,3-4,9H2,1-2H3. The lowest BCUT2D eigenvalue weighted by molar-refractivity contribution is 0.790. The van der Waals surface area contributed by atoms with Gasteiger partial charge in [-0.25, -0.2) is 9.67 Å². The summed E-state index contributed by atoms with van der Waals surface area (Å²) in [5.74, 6) is 2.40. The Bertz CT molecular complexity index is 505. The predicted molar refractivity (Wildman–Crippen MR) is 69.7 cm³/mol. The van der Waals surface area contributed by atoms with Crippen LogP contribution in [0.3, 0.4) is 0 Å². The number of hydrogen-bond acceptors (Lipinski definition) is 2. The Morgan fingerprint density at radius 1 is 1.24 bits per heavy atom. The van der Waals surface area contributed by atoms with Gasteiger partial charge in [0, 0.05) is 18.7 Å². The van der Waals surface area contributed by atoms with E-state index >= 15 is 0 Å². The van der Waals surface area contributed by atoms with Crippen LogP contribution in [0.4, 0.5) is 0 Å². The molecule has 90 valence electrons. The fourth-order valence-corrected chi connectivity index (χ4v) is 1.91. The minimum Gasteiger partial charge on any atom is -0.218 e. The summed E-state index contributed by atoms with van der Waals surface area (Å²) in [6.45, 7) is 4.15. The molecule has 0 spiro atoms. The number of hydrogen-bond donors (Lipinski definition) is 0. The van der Waals surface area contributed by atoms with Crippen LogP contribution >= 0.6 is 11.6 Å². The minimum atomic E-state index is 0.518. The third kappa shape index (κ3) is 2.50. The van der Waals surface area contributed by atoms with E-state index < -0.39 is 0 Å². The summed E-state index contributed by atoms with van der Waals surface area (Å²) >= 11 is 5.85. The summed E-state index contributed by atoms with van der Waals surface area (Å²) in [6, 6.07) is 8.10. The normalized spacial score (nSPS) is 10.8. The van der Waals surface area contributed by atoms with Crippen molar-refractivity contribution in [3.63, 3.8) is 0 Å². The smallest absolute Gasteiger partial charge is 0.151 e. The molecule has 0 aliphatic rings. The van der Waals surface area contributed by atoms with Crippen molar-refractivity contribution in [2.45, 2.75) is 32.6 Å². The van der Waals surface area contributed by atoms with E-state index in [4.69, 9.17) is 11.6 Å². The lowest BCUT2D eigenvalue weighted by Crippen LogP contribution is -2.02. The molecular formula is C13H16ClN3. The monoisotopic (exact) mass is 249 g/mol. The van der Waals surface area contributed by atoms with E-state index in [1.54, 1.807) is 0 Å². The molecule has 0 radical (unpaired) electrons. The molecule has 0 amide bonds. The van der Waals surface area contributed by atoms with Gasteiger partial charge in [-0.1, -0.05) is 26.0 Å². The second-order valence-electron chi connectivity index (χ2n) is 3.87. The first kappa shape index (κ1) is 12.1. The summed E-state index contributed by atoms with van der Waals surface area (Å²) in [6.07, 6.45) is 1.73. The van der Waals surface area contributed by atoms with Gasteiger partial charge >= 0.3 is 0 Å². The average molecular weight is 250 g/mol. The molecule has 0 aliphatic heterocycles. The maximum Gasteiger partial charge on any atom is 0.151 e. The zero-order chi connectivity index (χ0) is 12.3. The van der Waals surface area contributed by atoms with E-state index in [1.807, 2.05) is 22.9 Å². The van der Waals surface area contributed by atoms with Crippen molar-refractivity contribution in [3.05, 3.63) is 41.5 Å². The molecule has 17 heavy (non-hydrogen) atoms. The first-order valence-corrected chi connectivity index (χ1v) is 6.42. The number of halogens is 1. The van der Waals surface area contributed by atoms with Crippen LogP contribution in [0.5, 0.6) is 0 Å². The van der Waals surface area contributed by atoms with Gasteiger partial charge in [0.1, 0.15) is 5.82 Å². The Kier molecular flexibility index (Phi) is 3.79. The minimum absolute atomic E-state index is 0.518. The Morgan fingerprint density at radius 2 is 2.06 bits per heavy atom. The molecule has 1 heterocycles. The Balaban J connectivity index is 2.47. The summed E-state index contributed by atoms with van der Waals surface area (Å²) < 4.78 is 1.91. The number of benzene rings is 1. The number of alkyl halides is 1. The largest absolute Gasteiger partial charge is 0.218 e. The molecule has 0 N–H and O–H groups in total. The highest BCUT2D eigenvalue weighted by Crippen LogP contribution is 2.14. The molecule has 0 atom stereocenters. The number of aromatic nitrogens is 3. The first-order chi connectivity index (χ1) is 8.28. The SMILES string of the molecule is CCc1nc(CC)n(-c2cccc(CCl)c2)n1. The summed E-state index contributed by atoms with van der Waals surface area (Å²) in [5.41, 5.74) is 2.13. The molecule has 4 heteroatoms. The van der Waals surface area contributed by atoms with Crippen LogP contribution in [0.2, 0.25) is 0 Å². The molecule has 2 aromatic rings. The second-order valence-corrected chi connectivity index (χ2v) is 4.13. The summed E-state index contributed by atoms with van der Waals surface area (Å²) in [7, 11) is 0. The molecule has 0 unspecified atom stereocenters. The van der Waals surface area contributed by atoms with Gasteiger partial charge in [-0.2, -0.15) is 5.10 Å². The molecule has 0 saturated carbocycles. The number of nitrogens with zero attached hydrogens (tertiary/aromatic N) is 3. The van der Waals surface area contributed by atoms with Crippen molar-refractivity contribution in [1.82, 2.24) is 14.8 Å². The van der Waals surface area contributed by atoms with Crippen LogP contribution in [0.15, 0.2) is 24.3 Å². The van der Waals surface area contributed by atoms with Gasteiger partial charge in [0.15, 0.2) is 5.82 Å². The van der Waals surface area contributed by atoms with Crippen molar-refractivity contribution < 1.29 is 0 Å². The zero-order valence-electron chi connectivity index (χ0n) is 10.2. The van der Waals surface area contributed by atoms with Gasteiger partial charge in [0.05, 0.1) is 5.69 Å². The topological polar surface area (TPSA) is 30.7 Å². The van der Waals surface area contributed by atoms with Crippen LogP contribution < -0.4 is 0 Å². The highest BCUT2D eigenvalue weighted by molar-refractivity contribution is 6.17. The van der Waals surface area contributed by atoms with E-state index in [0.29, 0.717) is 5.88 Å². The van der Waals surface area contributed by atoms with Crippen LogP contribution in [0, 0.1) is 0 Å². The molecule has 0 aliphatic carbocycles. The van der Waals surface area contributed by atoms with Crippen LogP contribution in [0.25, 0.3) is 5.69 Å². The Labute approximate surface area is 106 Å². The fourth-order valence-electron chi connectivity index (χ4n) is 1.75. The Morgan fingerprint density at radius 3 is 2.71 bits per heavy atom. The molecule has 1 aromatic heterocycles. The summed E-state index contributed by atoms with van der Waals surface area (Å²) in [5, 5.41) is 4.51. The van der Waals surface area contributed by atoms with Crippen molar-refractivity contribution >= 4 is 11.6 Å². The molecule has 3 nitrogen and oxygen atoms in total. The third-order valence-electron chi connectivity index (χ3n) is 2.66. The van der Waals surface area contributed by atoms with Gasteiger partial charge < -0.3 is 0 Å². The lowest BCUT2D eigenvalue weighted by atomic mass is 10.2. The maximum absolute atomic E-state index is 5.85. The lowest BCUT2D eigenvalue weighted by Gasteiger charge is -2.05. The zero-order valence-corrected chi connectivity index (χ0v) is 10.9. The van der Waals surface area contributed by atoms with Crippen molar-refractivity contribution in [2.75, 3.05) is 0 Å². The highest BCUT2D eigenvalue weighted by Gasteiger charge is 2.08. The van der Waals surface area contributed by atoms with Crippen LogP contribution in [-0.4, -0.2) is 14.8 Å². The number of rotatable bonds is 4. The van der Waals surface area contributed by atoms with Crippen molar-refractivity contribution in [1.29, 1.82) is 0 Å². The first-order valence-electron chi connectivity index (χ1n) is 5.88. The van der Waals surface area contributed by atoms with Gasteiger partial charge in [0.25, 0.3) is 0 Å². The van der Waals surface area contributed by atoms with E-state index in [-0.39, 0.29) is 0 Å². The Hall–Kier alpha value is -1.35. The molecular weight excluding hydrogens is 234 g/mol. The van der Waals surface area contributed by atoms with E-state index in [9.17, 15) is 0 Å². The van der Waals surface area contributed by atoms with Crippen LogP contribution in [-0.2, 0) is 18.7 Å². The van der Waals surface area contributed by atoms with Crippen LogP contribution in [0.1, 0.15) is 31.1 Å². The van der Waals surface area contributed by atoms with Gasteiger partial charge in [-0.05, 0) is 17.7 Å². The highest BCUT2D eigenvalue weighted by atomic mass is 35.5.